The van der Waals surface area contributed by atoms with E-state index in [0.29, 0.717) is 23.4 Å². The van der Waals surface area contributed by atoms with Crippen molar-refractivity contribution >= 4 is 23.5 Å². The third kappa shape index (κ3) is 6.25. The Bertz CT molecular complexity index is 1040. The second-order valence-corrected chi connectivity index (χ2v) is 9.69. The Labute approximate surface area is 202 Å². The van der Waals surface area contributed by atoms with E-state index >= 15 is 0 Å². The van der Waals surface area contributed by atoms with Gasteiger partial charge in [-0.2, -0.15) is 0 Å². The Morgan fingerprint density at radius 1 is 0.971 bits per heavy atom. The van der Waals surface area contributed by atoms with Crippen molar-refractivity contribution in [2.45, 2.75) is 60.0 Å². The molecule has 0 saturated heterocycles. The molecule has 182 valence electrons. The highest BCUT2D eigenvalue weighted by Gasteiger charge is 2.34. The molecular weight excluding hydrogens is 430 g/mol. The fraction of sp³-hybridized carbons (Fsp3) is 0.464. The van der Waals surface area contributed by atoms with Crippen LogP contribution in [0.1, 0.15) is 71.9 Å². The summed E-state index contributed by atoms with van der Waals surface area (Å²) < 4.78 is 11.1. The number of hydrogen-bond donors (Lipinski definition) is 1. The lowest BCUT2D eigenvalue weighted by Crippen LogP contribution is -2.36. The zero-order valence-corrected chi connectivity index (χ0v) is 20.7. The third-order valence-electron chi connectivity index (χ3n) is 6.80. The maximum absolute atomic E-state index is 13.1. The fourth-order valence-electron chi connectivity index (χ4n) is 4.57. The van der Waals surface area contributed by atoms with E-state index < -0.39 is 24.5 Å². The molecule has 1 aliphatic carbocycles. The molecule has 0 bridgehead atoms. The van der Waals surface area contributed by atoms with E-state index in [9.17, 15) is 14.4 Å². The van der Waals surface area contributed by atoms with Crippen LogP contribution in [-0.4, -0.2) is 30.6 Å². The Kier molecular flexibility index (Phi) is 8.48. The van der Waals surface area contributed by atoms with Gasteiger partial charge in [-0.1, -0.05) is 51.5 Å². The van der Waals surface area contributed by atoms with Crippen molar-refractivity contribution < 1.29 is 23.9 Å². The predicted molar refractivity (Wildman–Crippen MR) is 132 cm³/mol. The van der Waals surface area contributed by atoms with Crippen molar-refractivity contribution in [1.82, 2.24) is 0 Å². The lowest BCUT2D eigenvalue weighted by atomic mass is 9.75. The van der Waals surface area contributed by atoms with Gasteiger partial charge in [0.2, 0.25) is 0 Å². The van der Waals surface area contributed by atoms with Gasteiger partial charge in [0.1, 0.15) is 6.10 Å². The van der Waals surface area contributed by atoms with Crippen molar-refractivity contribution in [1.29, 1.82) is 0 Å². The summed E-state index contributed by atoms with van der Waals surface area (Å²) in [5.74, 6) is -0.519. The van der Waals surface area contributed by atoms with Gasteiger partial charge < -0.3 is 14.8 Å². The Morgan fingerprint density at radius 2 is 1.65 bits per heavy atom. The normalized spacial score (nSPS) is 20.0. The number of nitrogens with one attached hydrogen (secondary N) is 1. The minimum atomic E-state index is -0.735. The molecule has 3 rings (SSSR count). The van der Waals surface area contributed by atoms with Gasteiger partial charge in [0, 0.05) is 5.69 Å². The van der Waals surface area contributed by atoms with Crippen LogP contribution in [0.25, 0.3) is 0 Å². The van der Waals surface area contributed by atoms with Crippen LogP contribution in [0.3, 0.4) is 0 Å². The van der Waals surface area contributed by atoms with E-state index in [-0.39, 0.29) is 17.2 Å². The molecule has 3 atom stereocenters. The SMILES string of the molecule is Cc1cccc(NC(=O)COC(=O)c2ccccc2C(=O)O[C@@H]2C[C@H](C)CC[C@@H]2C(C)C)c1C. The minimum Gasteiger partial charge on any atom is -0.458 e. The van der Waals surface area contributed by atoms with E-state index in [1.54, 1.807) is 24.3 Å². The van der Waals surface area contributed by atoms with Gasteiger partial charge in [-0.3, -0.25) is 4.79 Å². The summed E-state index contributed by atoms with van der Waals surface area (Å²) >= 11 is 0. The zero-order chi connectivity index (χ0) is 24.8. The number of rotatable bonds is 7. The number of aryl methyl sites for hydroxylation is 1. The zero-order valence-electron chi connectivity index (χ0n) is 20.7. The molecule has 0 unspecified atom stereocenters. The van der Waals surface area contributed by atoms with Crippen LogP contribution in [0.4, 0.5) is 5.69 Å². The van der Waals surface area contributed by atoms with Crippen LogP contribution < -0.4 is 5.32 Å². The number of esters is 2. The summed E-state index contributed by atoms with van der Waals surface area (Å²) in [6.07, 6.45) is 2.79. The average molecular weight is 466 g/mol. The maximum atomic E-state index is 13.1. The first-order chi connectivity index (χ1) is 16.2. The molecule has 6 heteroatoms. The van der Waals surface area contributed by atoms with Crippen LogP contribution in [0.5, 0.6) is 0 Å². The van der Waals surface area contributed by atoms with Crippen LogP contribution in [-0.2, 0) is 14.3 Å². The number of anilines is 1. The summed E-state index contributed by atoms with van der Waals surface area (Å²) in [4.78, 5) is 38.2. The summed E-state index contributed by atoms with van der Waals surface area (Å²) in [5, 5.41) is 2.76. The number of ether oxygens (including phenoxy) is 2. The van der Waals surface area contributed by atoms with Crippen molar-refractivity contribution in [3.8, 4) is 0 Å². The van der Waals surface area contributed by atoms with Gasteiger partial charge in [-0.15, -0.1) is 0 Å². The molecule has 1 aliphatic rings. The van der Waals surface area contributed by atoms with Crippen molar-refractivity contribution in [3.05, 3.63) is 64.7 Å². The van der Waals surface area contributed by atoms with Gasteiger partial charge in [0.15, 0.2) is 6.61 Å². The molecule has 6 nitrogen and oxygen atoms in total. The van der Waals surface area contributed by atoms with Crippen LogP contribution >= 0.6 is 0 Å². The average Bonchev–Trinajstić information content (AvgIpc) is 2.80. The quantitative estimate of drug-likeness (QED) is 0.529. The largest absolute Gasteiger partial charge is 0.458 e. The molecule has 1 amide bonds. The minimum absolute atomic E-state index is 0.0944. The second kappa shape index (κ2) is 11.3. The molecule has 0 heterocycles. The fourth-order valence-corrected chi connectivity index (χ4v) is 4.57. The predicted octanol–water partition coefficient (Wildman–Crippen LogP) is 5.72. The Hall–Kier alpha value is -3.15. The monoisotopic (exact) mass is 465 g/mol. The first-order valence-electron chi connectivity index (χ1n) is 12.0. The van der Waals surface area contributed by atoms with Crippen molar-refractivity contribution in [2.24, 2.45) is 17.8 Å². The summed E-state index contributed by atoms with van der Waals surface area (Å²) in [6.45, 7) is 9.89. The van der Waals surface area contributed by atoms with E-state index in [1.807, 2.05) is 26.0 Å². The molecule has 2 aromatic rings. The standard InChI is InChI=1S/C28H35NO5/c1-17(2)21-14-13-18(3)15-25(21)34-28(32)23-11-7-6-10-22(23)27(31)33-16-26(30)29-24-12-8-9-19(4)20(24)5/h6-12,17-18,21,25H,13-16H2,1-5H3,(H,29,30)/t18-,21-,25-/m1/s1. The first-order valence-corrected chi connectivity index (χ1v) is 12.0. The van der Waals surface area contributed by atoms with Crippen LogP contribution in [0.15, 0.2) is 42.5 Å². The smallest absolute Gasteiger partial charge is 0.339 e. The number of carbonyl (C=O) groups is 3. The van der Waals surface area contributed by atoms with E-state index in [0.717, 1.165) is 30.4 Å². The number of amides is 1. The van der Waals surface area contributed by atoms with Gasteiger partial charge in [-0.05, 0) is 73.8 Å². The summed E-state index contributed by atoms with van der Waals surface area (Å²) in [6, 6.07) is 12.0. The summed E-state index contributed by atoms with van der Waals surface area (Å²) in [5.41, 5.74) is 2.92. The molecule has 1 saturated carbocycles. The molecule has 1 fully saturated rings. The molecule has 0 aromatic heterocycles. The highest BCUT2D eigenvalue weighted by Crippen LogP contribution is 2.36. The molecule has 0 aliphatic heterocycles. The lowest BCUT2D eigenvalue weighted by Gasteiger charge is -2.36. The lowest BCUT2D eigenvalue weighted by molar-refractivity contribution is -0.119. The number of hydrogen-bond acceptors (Lipinski definition) is 5. The third-order valence-corrected chi connectivity index (χ3v) is 6.80. The van der Waals surface area contributed by atoms with Gasteiger partial charge in [0.25, 0.3) is 5.91 Å². The Morgan fingerprint density at radius 3 is 2.32 bits per heavy atom. The van der Waals surface area contributed by atoms with Gasteiger partial charge in [-0.25, -0.2) is 9.59 Å². The number of benzene rings is 2. The molecule has 34 heavy (non-hydrogen) atoms. The van der Waals surface area contributed by atoms with E-state index in [2.05, 4.69) is 26.1 Å². The molecule has 0 spiro atoms. The molecule has 2 aromatic carbocycles. The molecule has 0 radical (unpaired) electrons. The highest BCUT2D eigenvalue weighted by molar-refractivity contribution is 6.04. The number of carbonyl (C=O) groups excluding carboxylic acids is 3. The summed E-state index contributed by atoms with van der Waals surface area (Å²) in [7, 11) is 0. The molecular formula is C28H35NO5. The van der Waals surface area contributed by atoms with Crippen LogP contribution in [0, 0.1) is 31.6 Å². The van der Waals surface area contributed by atoms with Gasteiger partial charge >= 0.3 is 11.9 Å². The maximum Gasteiger partial charge on any atom is 0.339 e. The first kappa shape index (κ1) is 25.5. The van der Waals surface area contributed by atoms with Crippen LogP contribution in [0.2, 0.25) is 0 Å². The molecule has 1 N–H and O–H groups in total. The van der Waals surface area contributed by atoms with Crippen molar-refractivity contribution in [2.75, 3.05) is 11.9 Å². The second-order valence-electron chi connectivity index (χ2n) is 9.69. The van der Waals surface area contributed by atoms with E-state index in [1.165, 1.54) is 6.07 Å². The highest BCUT2D eigenvalue weighted by atomic mass is 16.5. The Balaban J connectivity index is 1.65. The van der Waals surface area contributed by atoms with E-state index in [4.69, 9.17) is 9.47 Å². The van der Waals surface area contributed by atoms with Crippen molar-refractivity contribution in [3.63, 3.8) is 0 Å². The van der Waals surface area contributed by atoms with Gasteiger partial charge in [0.05, 0.1) is 11.1 Å². The topological polar surface area (TPSA) is 81.7 Å².